The zero-order chi connectivity index (χ0) is 24.5. The summed E-state index contributed by atoms with van der Waals surface area (Å²) < 4.78 is 22.1. The van der Waals surface area contributed by atoms with Gasteiger partial charge < -0.3 is 18.9 Å². The van der Waals surface area contributed by atoms with Crippen molar-refractivity contribution in [1.29, 1.82) is 0 Å². The minimum atomic E-state index is -0.411. The molecule has 35 heavy (non-hydrogen) atoms. The van der Waals surface area contributed by atoms with Crippen LogP contribution >= 0.6 is 0 Å². The first-order valence-electron chi connectivity index (χ1n) is 11.2. The van der Waals surface area contributed by atoms with Gasteiger partial charge in [0.1, 0.15) is 24.0 Å². The fourth-order valence-electron chi connectivity index (χ4n) is 4.35. The number of carbonyl (C=O) groups excluding carboxylic acids is 2. The number of rotatable bonds is 5. The number of Topliss-reactive ketones (excluding diaryl/α,β-unsaturated/α-hetero) is 1. The standard InChI is InChI=1S/C28H25NO6/c1-17-12-23-22(15-29(16-34-23)14-19-6-10-21(32-2)11-7-19)27-25(17)26(30)24(35-27)13-18-4-8-20(9-5-18)28(31)33-3/h4-13H,14-16H2,1-3H3/b24-13-. The Balaban J connectivity index is 1.40. The molecular weight excluding hydrogens is 446 g/mol. The molecule has 3 aromatic rings. The number of hydrogen-bond acceptors (Lipinski definition) is 7. The van der Waals surface area contributed by atoms with Crippen molar-refractivity contribution in [3.63, 3.8) is 0 Å². The maximum Gasteiger partial charge on any atom is 0.337 e. The van der Waals surface area contributed by atoms with Crippen LogP contribution in [-0.4, -0.2) is 37.6 Å². The highest BCUT2D eigenvalue weighted by molar-refractivity contribution is 6.16. The van der Waals surface area contributed by atoms with Crippen molar-refractivity contribution in [1.82, 2.24) is 4.90 Å². The van der Waals surface area contributed by atoms with Crippen LogP contribution in [0.25, 0.3) is 6.08 Å². The summed E-state index contributed by atoms with van der Waals surface area (Å²) in [6.45, 7) is 3.62. The Bertz CT molecular complexity index is 1330. The van der Waals surface area contributed by atoms with Crippen molar-refractivity contribution in [3.8, 4) is 17.2 Å². The molecule has 3 aromatic carbocycles. The van der Waals surface area contributed by atoms with Gasteiger partial charge in [0.05, 0.1) is 30.9 Å². The van der Waals surface area contributed by atoms with Crippen LogP contribution in [0.1, 0.15) is 43.0 Å². The van der Waals surface area contributed by atoms with Gasteiger partial charge in [-0.05, 0) is 60.0 Å². The van der Waals surface area contributed by atoms with E-state index >= 15 is 0 Å². The zero-order valence-corrected chi connectivity index (χ0v) is 19.8. The highest BCUT2D eigenvalue weighted by Crippen LogP contribution is 2.44. The van der Waals surface area contributed by atoms with Crippen molar-refractivity contribution in [2.75, 3.05) is 21.0 Å². The third-order valence-electron chi connectivity index (χ3n) is 6.18. The molecule has 0 aromatic heterocycles. The van der Waals surface area contributed by atoms with Gasteiger partial charge in [0, 0.05) is 13.1 Å². The van der Waals surface area contributed by atoms with Gasteiger partial charge in [-0.15, -0.1) is 0 Å². The topological polar surface area (TPSA) is 74.3 Å². The second-order valence-electron chi connectivity index (χ2n) is 8.54. The lowest BCUT2D eigenvalue weighted by Crippen LogP contribution is -2.31. The predicted octanol–water partition coefficient (Wildman–Crippen LogP) is 4.76. The predicted molar refractivity (Wildman–Crippen MR) is 130 cm³/mol. The molecule has 2 aliphatic rings. The van der Waals surface area contributed by atoms with Crippen molar-refractivity contribution in [2.45, 2.75) is 20.0 Å². The number of esters is 1. The maximum absolute atomic E-state index is 13.2. The third-order valence-corrected chi connectivity index (χ3v) is 6.18. The van der Waals surface area contributed by atoms with Gasteiger partial charge in [-0.3, -0.25) is 9.69 Å². The van der Waals surface area contributed by atoms with Crippen LogP contribution in [0, 0.1) is 6.92 Å². The average molecular weight is 472 g/mol. The molecule has 0 N–H and O–H groups in total. The number of methoxy groups -OCH3 is 2. The molecular formula is C28H25NO6. The first-order valence-corrected chi connectivity index (χ1v) is 11.2. The molecule has 0 radical (unpaired) electrons. The number of carbonyl (C=O) groups is 2. The van der Waals surface area contributed by atoms with Crippen LogP contribution in [0.2, 0.25) is 0 Å². The molecule has 7 nitrogen and oxygen atoms in total. The number of nitrogens with zero attached hydrogens (tertiary/aromatic N) is 1. The molecule has 0 bridgehead atoms. The summed E-state index contributed by atoms with van der Waals surface area (Å²) in [7, 11) is 2.99. The van der Waals surface area contributed by atoms with Crippen LogP contribution in [0.3, 0.4) is 0 Å². The van der Waals surface area contributed by atoms with E-state index in [2.05, 4.69) is 4.90 Å². The van der Waals surface area contributed by atoms with Crippen LogP contribution in [0.15, 0.2) is 60.4 Å². The van der Waals surface area contributed by atoms with E-state index in [1.807, 2.05) is 37.3 Å². The number of ether oxygens (including phenoxy) is 4. The zero-order valence-electron chi connectivity index (χ0n) is 19.8. The van der Waals surface area contributed by atoms with E-state index in [9.17, 15) is 9.59 Å². The molecule has 178 valence electrons. The van der Waals surface area contributed by atoms with Crippen LogP contribution < -0.4 is 14.2 Å². The largest absolute Gasteiger partial charge is 0.497 e. The maximum atomic E-state index is 13.2. The van der Waals surface area contributed by atoms with Crippen LogP contribution in [0.4, 0.5) is 0 Å². The molecule has 0 saturated heterocycles. The van der Waals surface area contributed by atoms with Crippen LogP contribution in [-0.2, 0) is 17.8 Å². The summed E-state index contributed by atoms with van der Waals surface area (Å²) in [6.07, 6.45) is 1.69. The van der Waals surface area contributed by atoms with Gasteiger partial charge in [-0.2, -0.15) is 0 Å². The number of aryl methyl sites for hydroxylation is 1. The number of allylic oxidation sites excluding steroid dienone is 1. The van der Waals surface area contributed by atoms with Gasteiger partial charge >= 0.3 is 5.97 Å². The first-order chi connectivity index (χ1) is 17.0. The molecule has 0 fully saturated rings. The molecule has 0 saturated carbocycles. The lowest BCUT2D eigenvalue weighted by molar-refractivity contribution is 0.0600. The van der Waals surface area contributed by atoms with E-state index in [1.165, 1.54) is 7.11 Å². The highest BCUT2D eigenvalue weighted by atomic mass is 16.5. The molecule has 0 unspecified atom stereocenters. The van der Waals surface area contributed by atoms with E-state index in [1.54, 1.807) is 37.5 Å². The van der Waals surface area contributed by atoms with E-state index in [0.29, 0.717) is 36.7 Å². The lowest BCUT2D eigenvalue weighted by Gasteiger charge is -2.30. The van der Waals surface area contributed by atoms with Gasteiger partial charge in [0.25, 0.3) is 0 Å². The fraction of sp³-hybridized carbons (Fsp3) is 0.214. The normalized spacial score (nSPS) is 15.7. The summed E-state index contributed by atoms with van der Waals surface area (Å²) in [5.41, 5.74) is 4.57. The minimum absolute atomic E-state index is 0.162. The summed E-state index contributed by atoms with van der Waals surface area (Å²) in [4.78, 5) is 27.1. The number of benzene rings is 3. The number of ketones is 1. The SMILES string of the molecule is COC(=O)c1ccc(/C=C2\Oc3c4c(cc(C)c3C2=O)OCN(Cc2ccc(OC)cc2)C4)cc1. The van der Waals surface area contributed by atoms with E-state index in [-0.39, 0.29) is 11.5 Å². The fourth-order valence-corrected chi connectivity index (χ4v) is 4.35. The molecule has 2 aliphatic heterocycles. The molecule has 5 rings (SSSR count). The summed E-state index contributed by atoms with van der Waals surface area (Å²) in [6, 6.07) is 16.7. The Morgan fingerprint density at radius 2 is 1.83 bits per heavy atom. The smallest absolute Gasteiger partial charge is 0.337 e. The van der Waals surface area contributed by atoms with Crippen molar-refractivity contribution >= 4 is 17.8 Å². The van der Waals surface area contributed by atoms with Gasteiger partial charge in [-0.25, -0.2) is 4.79 Å². The monoisotopic (exact) mass is 471 g/mol. The molecule has 0 aliphatic carbocycles. The quantitative estimate of drug-likeness (QED) is 0.392. The third kappa shape index (κ3) is 4.38. The van der Waals surface area contributed by atoms with Crippen LogP contribution in [0.5, 0.6) is 17.2 Å². The number of fused-ring (bicyclic) bond motifs is 3. The molecule has 0 spiro atoms. The average Bonchev–Trinajstić information content (AvgIpc) is 3.21. The second kappa shape index (κ2) is 9.27. The van der Waals surface area contributed by atoms with Crippen molar-refractivity contribution < 1.29 is 28.5 Å². The summed E-state index contributed by atoms with van der Waals surface area (Å²) >= 11 is 0. The summed E-state index contributed by atoms with van der Waals surface area (Å²) in [5.74, 6) is 1.78. The van der Waals surface area contributed by atoms with Gasteiger partial charge in [-0.1, -0.05) is 24.3 Å². The minimum Gasteiger partial charge on any atom is -0.497 e. The Hall–Kier alpha value is -4.10. The lowest BCUT2D eigenvalue weighted by atomic mass is 9.98. The second-order valence-corrected chi connectivity index (χ2v) is 8.54. The highest BCUT2D eigenvalue weighted by Gasteiger charge is 2.35. The molecule has 0 atom stereocenters. The Morgan fingerprint density at radius 3 is 2.51 bits per heavy atom. The van der Waals surface area contributed by atoms with E-state index in [4.69, 9.17) is 18.9 Å². The molecule has 0 amide bonds. The van der Waals surface area contributed by atoms with Gasteiger partial charge in [0.15, 0.2) is 5.76 Å². The summed E-state index contributed by atoms with van der Waals surface area (Å²) in [5, 5.41) is 0. The molecule has 7 heteroatoms. The number of hydrogen-bond donors (Lipinski definition) is 0. The molecule has 2 heterocycles. The van der Waals surface area contributed by atoms with E-state index < -0.39 is 5.97 Å². The Labute approximate surface area is 203 Å². The van der Waals surface area contributed by atoms with Gasteiger partial charge in [0.2, 0.25) is 5.78 Å². The Kier molecular flexibility index (Phi) is 6.01. The van der Waals surface area contributed by atoms with Crippen molar-refractivity contribution in [3.05, 3.63) is 93.7 Å². The van der Waals surface area contributed by atoms with Crippen molar-refractivity contribution in [2.24, 2.45) is 0 Å². The first kappa shape index (κ1) is 22.7. The van der Waals surface area contributed by atoms with E-state index in [0.717, 1.165) is 33.8 Å². The Morgan fingerprint density at radius 1 is 1.09 bits per heavy atom.